The molecule has 1 fully saturated rings. The van der Waals surface area contributed by atoms with Crippen molar-refractivity contribution in [2.75, 3.05) is 18.0 Å². The van der Waals surface area contributed by atoms with Crippen LogP contribution in [-0.4, -0.2) is 31.1 Å². The van der Waals surface area contributed by atoms with Gasteiger partial charge < -0.3 is 15.5 Å². The molecule has 1 saturated carbocycles. The van der Waals surface area contributed by atoms with Crippen molar-refractivity contribution in [3.8, 4) is 0 Å². The Morgan fingerprint density at radius 1 is 1.33 bits per heavy atom. The maximum absolute atomic E-state index is 11.8. The number of rotatable bonds is 5. The van der Waals surface area contributed by atoms with Crippen LogP contribution in [0.25, 0.3) is 0 Å². The Kier molecular flexibility index (Phi) is 5.31. The molecule has 2 rings (SSSR count). The second-order valence-corrected chi connectivity index (χ2v) is 5.78. The van der Waals surface area contributed by atoms with Gasteiger partial charge in [-0.3, -0.25) is 4.79 Å². The molecule has 0 unspecified atom stereocenters. The van der Waals surface area contributed by atoms with Gasteiger partial charge in [-0.15, -0.1) is 0 Å². The highest BCUT2D eigenvalue weighted by Crippen LogP contribution is 2.28. The van der Waals surface area contributed by atoms with Gasteiger partial charge >= 0.3 is 6.03 Å². The van der Waals surface area contributed by atoms with Crippen molar-refractivity contribution in [3.05, 3.63) is 28.2 Å². The van der Waals surface area contributed by atoms with E-state index in [2.05, 4.69) is 10.6 Å². The number of hydrogen-bond donors (Lipinski definition) is 2. The van der Waals surface area contributed by atoms with E-state index in [9.17, 15) is 9.59 Å². The molecule has 1 aliphatic rings. The maximum atomic E-state index is 11.8. The summed E-state index contributed by atoms with van der Waals surface area (Å²) in [4.78, 5) is 24.8. The third-order valence-corrected chi connectivity index (χ3v) is 3.65. The second kappa shape index (κ2) is 7.00. The summed E-state index contributed by atoms with van der Waals surface area (Å²) in [5.41, 5.74) is 0.581. The standard InChI is InChI=1S/C14H17Cl2N3O2/c1-9(20)19(13-5-2-10(15)8-12(13)16)7-6-17-14(21)18-11-3-4-11/h2,5,8,11H,3-4,6-7H2,1H3,(H2,17,18,21). The molecule has 114 valence electrons. The lowest BCUT2D eigenvalue weighted by Crippen LogP contribution is -2.42. The van der Waals surface area contributed by atoms with E-state index >= 15 is 0 Å². The monoisotopic (exact) mass is 329 g/mol. The zero-order chi connectivity index (χ0) is 15.4. The van der Waals surface area contributed by atoms with E-state index < -0.39 is 0 Å². The molecule has 5 nitrogen and oxygen atoms in total. The van der Waals surface area contributed by atoms with Crippen LogP contribution in [0, 0.1) is 0 Å². The number of amides is 3. The average molecular weight is 330 g/mol. The van der Waals surface area contributed by atoms with Crippen LogP contribution in [0.15, 0.2) is 18.2 Å². The smallest absolute Gasteiger partial charge is 0.315 e. The predicted molar refractivity (Wildman–Crippen MR) is 84.0 cm³/mol. The Morgan fingerprint density at radius 2 is 2.05 bits per heavy atom. The number of halogens is 2. The van der Waals surface area contributed by atoms with Gasteiger partial charge in [-0.05, 0) is 31.0 Å². The van der Waals surface area contributed by atoms with Gasteiger partial charge in [0.25, 0.3) is 0 Å². The largest absolute Gasteiger partial charge is 0.336 e. The number of benzene rings is 1. The number of anilines is 1. The molecule has 1 aromatic carbocycles. The van der Waals surface area contributed by atoms with E-state index in [0.29, 0.717) is 34.9 Å². The van der Waals surface area contributed by atoms with Crippen molar-refractivity contribution >= 4 is 40.8 Å². The number of urea groups is 1. The minimum Gasteiger partial charge on any atom is -0.336 e. The maximum Gasteiger partial charge on any atom is 0.315 e. The predicted octanol–water partition coefficient (Wildman–Crippen LogP) is 2.81. The van der Waals surface area contributed by atoms with Crippen LogP contribution < -0.4 is 15.5 Å². The lowest BCUT2D eigenvalue weighted by atomic mass is 10.2. The Morgan fingerprint density at radius 3 is 2.62 bits per heavy atom. The minimum absolute atomic E-state index is 0.149. The van der Waals surface area contributed by atoms with Gasteiger partial charge in [0, 0.05) is 31.1 Å². The van der Waals surface area contributed by atoms with E-state index in [1.807, 2.05) is 0 Å². The fourth-order valence-corrected chi connectivity index (χ4v) is 2.40. The molecule has 0 saturated heterocycles. The Labute approximate surface area is 133 Å². The summed E-state index contributed by atoms with van der Waals surface area (Å²) in [6.45, 7) is 2.14. The molecule has 0 aromatic heterocycles. The van der Waals surface area contributed by atoms with Crippen LogP contribution >= 0.6 is 23.2 Å². The van der Waals surface area contributed by atoms with Crippen LogP contribution in [0.5, 0.6) is 0 Å². The molecule has 1 aromatic rings. The third kappa shape index (κ3) is 4.79. The third-order valence-electron chi connectivity index (χ3n) is 3.11. The molecule has 2 N–H and O–H groups in total. The highest BCUT2D eigenvalue weighted by atomic mass is 35.5. The fourth-order valence-electron chi connectivity index (χ4n) is 1.89. The highest BCUT2D eigenvalue weighted by Gasteiger charge is 2.23. The minimum atomic E-state index is -0.205. The second-order valence-electron chi connectivity index (χ2n) is 4.94. The number of hydrogen-bond acceptors (Lipinski definition) is 2. The average Bonchev–Trinajstić information content (AvgIpc) is 3.19. The van der Waals surface area contributed by atoms with Crippen molar-refractivity contribution in [3.63, 3.8) is 0 Å². The van der Waals surface area contributed by atoms with Gasteiger partial charge in [0.05, 0.1) is 10.7 Å². The summed E-state index contributed by atoms with van der Waals surface area (Å²) >= 11 is 12.0. The zero-order valence-corrected chi connectivity index (χ0v) is 13.2. The molecule has 0 atom stereocenters. The van der Waals surface area contributed by atoms with Gasteiger partial charge in [0.15, 0.2) is 0 Å². The molecular weight excluding hydrogens is 313 g/mol. The van der Waals surface area contributed by atoms with E-state index in [1.165, 1.54) is 11.8 Å². The molecular formula is C14H17Cl2N3O2. The van der Waals surface area contributed by atoms with Crippen molar-refractivity contribution in [2.45, 2.75) is 25.8 Å². The van der Waals surface area contributed by atoms with Crippen LogP contribution in [-0.2, 0) is 4.79 Å². The summed E-state index contributed by atoms with van der Waals surface area (Å²) < 4.78 is 0. The van der Waals surface area contributed by atoms with E-state index in [1.54, 1.807) is 18.2 Å². The molecule has 21 heavy (non-hydrogen) atoms. The number of carbonyl (C=O) groups is 2. The van der Waals surface area contributed by atoms with Gasteiger partial charge in [-0.25, -0.2) is 4.79 Å². The van der Waals surface area contributed by atoms with Crippen LogP contribution in [0.1, 0.15) is 19.8 Å². The van der Waals surface area contributed by atoms with Gasteiger partial charge in [-0.1, -0.05) is 23.2 Å². The summed E-state index contributed by atoms with van der Waals surface area (Å²) in [5.74, 6) is -0.149. The van der Waals surface area contributed by atoms with Gasteiger partial charge in [0.2, 0.25) is 5.91 Å². The zero-order valence-electron chi connectivity index (χ0n) is 11.7. The number of nitrogens with one attached hydrogen (secondary N) is 2. The quantitative estimate of drug-likeness (QED) is 0.872. The van der Waals surface area contributed by atoms with Crippen molar-refractivity contribution in [1.29, 1.82) is 0 Å². The van der Waals surface area contributed by atoms with Crippen LogP contribution in [0.2, 0.25) is 10.0 Å². The Hall–Kier alpha value is -1.46. The molecule has 0 heterocycles. The van der Waals surface area contributed by atoms with E-state index in [4.69, 9.17) is 23.2 Å². The fraction of sp³-hybridized carbons (Fsp3) is 0.429. The van der Waals surface area contributed by atoms with Crippen molar-refractivity contribution in [2.24, 2.45) is 0 Å². The Bertz CT molecular complexity index is 547. The first-order valence-electron chi connectivity index (χ1n) is 6.75. The first-order valence-corrected chi connectivity index (χ1v) is 7.50. The lowest BCUT2D eigenvalue weighted by molar-refractivity contribution is -0.116. The van der Waals surface area contributed by atoms with Crippen LogP contribution in [0.3, 0.4) is 0 Å². The molecule has 0 spiro atoms. The summed E-state index contributed by atoms with van der Waals surface area (Å²) in [7, 11) is 0. The highest BCUT2D eigenvalue weighted by molar-refractivity contribution is 6.36. The summed E-state index contributed by atoms with van der Waals surface area (Å²) in [5, 5.41) is 6.46. The first-order chi connectivity index (χ1) is 9.97. The summed E-state index contributed by atoms with van der Waals surface area (Å²) in [6, 6.07) is 5.05. The van der Waals surface area contributed by atoms with Crippen LogP contribution in [0.4, 0.5) is 10.5 Å². The molecule has 7 heteroatoms. The summed E-state index contributed by atoms with van der Waals surface area (Å²) in [6.07, 6.45) is 2.07. The molecule has 0 radical (unpaired) electrons. The molecule has 0 bridgehead atoms. The van der Waals surface area contributed by atoms with Gasteiger partial charge in [0.1, 0.15) is 0 Å². The Balaban J connectivity index is 1.92. The molecule has 3 amide bonds. The van der Waals surface area contributed by atoms with E-state index in [-0.39, 0.29) is 11.9 Å². The normalized spacial score (nSPS) is 13.7. The lowest BCUT2D eigenvalue weighted by Gasteiger charge is -2.22. The van der Waals surface area contributed by atoms with Crippen molar-refractivity contribution in [1.82, 2.24) is 10.6 Å². The van der Waals surface area contributed by atoms with Crippen molar-refractivity contribution < 1.29 is 9.59 Å². The van der Waals surface area contributed by atoms with Gasteiger partial charge in [-0.2, -0.15) is 0 Å². The molecule has 1 aliphatic carbocycles. The first kappa shape index (κ1) is 15.9. The topological polar surface area (TPSA) is 61.4 Å². The SMILES string of the molecule is CC(=O)N(CCNC(=O)NC1CC1)c1ccc(Cl)cc1Cl. The molecule has 0 aliphatic heterocycles. The number of carbonyl (C=O) groups excluding carboxylic acids is 2. The number of nitrogens with zero attached hydrogens (tertiary/aromatic N) is 1. The van der Waals surface area contributed by atoms with E-state index in [0.717, 1.165) is 12.8 Å².